The van der Waals surface area contributed by atoms with Crippen LogP contribution >= 0.6 is 0 Å². The number of aromatic hydroxyl groups is 3. The predicted octanol–water partition coefficient (Wildman–Crippen LogP) is 7.01. The number of nitrogens with zero attached hydrogens (tertiary/aromatic N) is 9. The molecule has 1 heterocycles. The number of phenols is 3. The number of carboxylic acid groups (broad SMARTS) is 2. The number of rotatable bonds is 16. The Hall–Kier alpha value is -5.12. The van der Waals surface area contributed by atoms with Crippen LogP contribution in [0.15, 0.2) is 171 Å². The average Bonchev–Trinajstić information content (AvgIpc) is 3.01. The Kier molecular flexibility index (Phi) is 26.5. The number of ether oxygens (including phenoxy) is 1. The maximum absolute atomic E-state index is 13.0. The number of H-pyrrole nitrogens is 2. The van der Waals surface area contributed by atoms with Gasteiger partial charge in [0, 0.05) is 160 Å². The molecular formula is C47H36N12Na5O17S3. The largest absolute Gasteiger partial charge is 0.507 e. The molecule has 11 N–H and O–H groups in total. The van der Waals surface area contributed by atoms with Crippen LogP contribution in [0.2, 0.25) is 0 Å². The second-order valence-corrected chi connectivity index (χ2v) is 20.4. The van der Waals surface area contributed by atoms with E-state index in [2.05, 4.69) is 60.9 Å². The molecule has 8 rings (SSSR count). The minimum atomic E-state index is -5.36. The molecule has 1 aromatic heterocycles. The molecule has 0 unspecified atom stereocenters. The minimum absolute atomic E-state index is 0. The van der Waals surface area contributed by atoms with Crippen LogP contribution < -0.4 is 21.3 Å². The van der Waals surface area contributed by atoms with E-state index in [0.717, 1.165) is 36.4 Å². The second-order valence-electron chi connectivity index (χ2n) is 16.2. The number of aromatic amines is 2. The molecule has 0 bridgehead atoms. The Bertz CT molecular complexity index is 4450. The molecule has 84 heavy (non-hydrogen) atoms. The molecule has 7 aromatic carbocycles. The van der Waals surface area contributed by atoms with Gasteiger partial charge in [0.15, 0.2) is 11.5 Å². The fraction of sp³-hybridized carbons (Fsp3) is 0.0426. The van der Waals surface area contributed by atoms with Gasteiger partial charge in [0.1, 0.15) is 43.8 Å². The summed E-state index contributed by atoms with van der Waals surface area (Å²) in [6, 6.07) is 24.6. The van der Waals surface area contributed by atoms with Crippen molar-refractivity contribution in [2.75, 3.05) is 12.4 Å². The Morgan fingerprint density at radius 1 is 0.560 bits per heavy atom. The molecule has 37 heteroatoms. The van der Waals surface area contributed by atoms with Crippen LogP contribution in [-0.4, -0.2) is 246 Å². The van der Waals surface area contributed by atoms with Gasteiger partial charge in [-0.05, 0) is 109 Å². The van der Waals surface area contributed by atoms with E-state index in [-0.39, 0.29) is 199 Å². The first kappa shape index (κ1) is 73.1. The minimum Gasteiger partial charge on any atom is -0.507 e. The number of benzene rings is 7. The van der Waals surface area contributed by atoms with Crippen LogP contribution in [0, 0.1) is 6.92 Å². The predicted molar refractivity (Wildman–Crippen MR) is 304 cm³/mol. The van der Waals surface area contributed by atoms with Crippen molar-refractivity contribution in [3.8, 4) is 23.0 Å². The van der Waals surface area contributed by atoms with E-state index in [0.29, 0.717) is 23.1 Å². The number of methoxy groups -OCH3 is 1. The van der Waals surface area contributed by atoms with E-state index in [9.17, 15) is 74.0 Å². The van der Waals surface area contributed by atoms with Gasteiger partial charge in [-0.1, -0.05) is 18.2 Å². The maximum Gasteiger partial charge on any atom is 0.339 e. The first-order valence-corrected chi connectivity index (χ1v) is 26.2. The Labute approximate surface area is 585 Å². The summed E-state index contributed by atoms with van der Waals surface area (Å²) in [6.45, 7) is 1.47. The zero-order valence-electron chi connectivity index (χ0n) is 45.0. The number of aromatic carboxylic acids is 2. The average molecular weight is 1250 g/mol. The van der Waals surface area contributed by atoms with Gasteiger partial charge >= 0.3 is 11.9 Å². The summed E-state index contributed by atoms with van der Waals surface area (Å²) >= 11 is 0. The van der Waals surface area contributed by atoms with Gasteiger partial charge in [-0.15, -0.1) is 10.2 Å². The van der Waals surface area contributed by atoms with Gasteiger partial charge in [-0.2, -0.15) is 50.7 Å². The van der Waals surface area contributed by atoms with E-state index in [1.807, 2.05) is 0 Å². The van der Waals surface area contributed by atoms with E-state index >= 15 is 0 Å². The number of fused-ring (bicyclic) bond motifs is 1. The SMILES string of the molecule is COc1cc(N=Nc2cc(C(=O)O)c(O)c(S(=O)(=O)O)c2)c(C)cc1N=Nc1c(S(=O)(=O)O)cc2cc(S(=O)(=O)O)cc(N=c3[nH]c(Nc4ccc(N=Nc5ccc(O)c(C(=O)O)c5)cc4)nc(=Nc4ccccc4)[nH]3)c2c1O.[Na].[Na].[Na].[Na].[Na]. The molecular weight excluding hydrogens is 1220 g/mol. The first-order chi connectivity index (χ1) is 37.2. The van der Waals surface area contributed by atoms with Crippen molar-refractivity contribution >= 4 is 258 Å². The molecule has 0 fully saturated rings. The summed E-state index contributed by atoms with van der Waals surface area (Å²) in [6.07, 6.45) is 0. The Balaban J connectivity index is 0.00000370. The number of para-hydroxylation sites is 1. The normalized spacial score (nSPS) is 12.0. The number of anilines is 2. The van der Waals surface area contributed by atoms with Crippen molar-refractivity contribution in [1.82, 2.24) is 15.0 Å². The van der Waals surface area contributed by atoms with Crippen molar-refractivity contribution in [2.45, 2.75) is 21.6 Å². The molecule has 0 atom stereocenters. The molecule has 0 aliphatic rings. The Morgan fingerprint density at radius 3 is 1.76 bits per heavy atom. The van der Waals surface area contributed by atoms with E-state index in [4.69, 9.17) is 4.74 Å². The van der Waals surface area contributed by atoms with Gasteiger partial charge in [0.2, 0.25) is 17.2 Å². The van der Waals surface area contributed by atoms with Gasteiger partial charge in [0.25, 0.3) is 30.4 Å². The smallest absolute Gasteiger partial charge is 0.339 e. The molecule has 0 spiro atoms. The van der Waals surface area contributed by atoms with Crippen molar-refractivity contribution in [2.24, 2.45) is 40.7 Å². The summed E-state index contributed by atoms with van der Waals surface area (Å²) in [5.74, 6) is -6.06. The molecule has 5 radical (unpaired) electrons. The molecule has 0 saturated heterocycles. The van der Waals surface area contributed by atoms with E-state index in [1.165, 1.54) is 32.2 Å². The molecule has 29 nitrogen and oxygen atoms in total. The number of aryl methyl sites for hydroxylation is 1. The van der Waals surface area contributed by atoms with Crippen molar-refractivity contribution < 1.29 is 78.8 Å². The summed E-state index contributed by atoms with van der Waals surface area (Å²) in [7, 11) is -14.4. The fourth-order valence-corrected chi connectivity index (χ4v) is 8.97. The number of carbonyl (C=O) groups is 2. The molecule has 409 valence electrons. The summed E-state index contributed by atoms with van der Waals surface area (Å²) < 4.78 is 111. The number of phenolic OH excluding ortho intramolecular Hbond substituents is 1. The molecule has 0 amide bonds. The molecule has 8 aromatic rings. The van der Waals surface area contributed by atoms with E-state index < -0.39 is 108 Å². The topological polar surface area (TPSA) is 463 Å². The first-order valence-electron chi connectivity index (χ1n) is 21.8. The van der Waals surface area contributed by atoms with Crippen LogP contribution in [0.4, 0.5) is 57.1 Å². The van der Waals surface area contributed by atoms with Gasteiger partial charge in [-0.25, -0.2) is 19.6 Å². The zero-order valence-corrected chi connectivity index (χ0v) is 57.4. The number of aromatic nitrogens is 3. The molecule has 0 aliphatic carbocycles. The quantitative estimate of drug-likeness (QED) is 0.0263. The molecule has 0 aliphatic heterocycles. The second kappa shape index (κ2) is 30.5. The number of hydrogen-bond donors (Lipinski definition) is 11. The van der Waals surface area contributed by atoms with E-state index in [1.54, 1.807) is 54.6 Å². The summed E-state index contributed by atoms with van der Waals surface area (Å²) in [5.41, 5.74) is -2.15. The maximum atomic E-state index is 13.0. The number of carboxylic acids is 2. The summed E-state index contributed by atoms with van der Waals surface area (Å²) in [4.78, 5) is 39.2. The third kappa shape index (κ3) is 18.0. The molecule has 0 saturated carbocycles. The monoisotopic (exact) mass is 1250 g/mol. The van der Waals surface area contributed by atoms with Crippen molar-refractivity contribution in [3.05, 3.63) is 143 Å². The van der Waals surface area contributed by atoms with Crippen LogP contribution in [0.1, 0.15) is 26.3 Å². The van der Waals surface area contributed by atoms with Crippen molar-refractivity contribution in [1.29, 1.82) is 0 Å². The fourth-order valence-electron chi connectivity index (χ4n) is 7.15. The van der Waals surface area contributed by atoms with Crippen LogP contribution in [-0.2, 0) is 30.4 Å². The van der Waals surface area contributed by atoms with Crippen LogP contribution in [0.3, 0.4) is 0 Å². The summed E-state index contributed by atoms with van der Waals surface area (Å²) in [5, 5.41) is 76.9. The third-order valence-corrected chi connectivity index (χ3v) is 13.4. The number of azo groups is 3. The van der Waals surface area contributed by atoms with Gasteiger partial charge < -0.3 is 35.6 Å². The zero-order chi connectivity index (χ0) is 57.1. The van der Waals surface area contributed by atoms with Crippen molar-refractivity contribution in [3.63, 3.8) is 0 Å². The number of hydrogen-bond acceptors (Lipinski definition) is 22. The third-order valence-electron chi connectivity index (χ3n) is 10.8. The van der Waals surface area contributed by atoms with Crippen LogP contribution in [0.5, 0.6) is 23.0 Å². The van der Waals surface area contributed by atoms with Gasteiger partial charge in [0.05, 0.1) is 51.5 Å². The van der Waals surface area contributed by atoms with Gasteiger partial charge in [-0.3, -0.25) is 23.6 Å². The van der Waals surface area contributed by atoms with Crippen LogP contribution in [0.25, 0.3) is 10.8 Å². The number of nitrogens with one attached hydrogen (secondary N) is 3. The standard InChI is InChI=1S/C47H36N12O17S3.5Na/c1-22-14-33(36(76-2)21-32(22)57-56-28-18-31(44(65)66)41(61)38(19-28)79(73,74)75)58-59-40-37(78(70,71)72)16-23-15-29(77(67,68)69)20-34(39(23)42(40)62)50-47-52-45(48-24-6-4-3-5-7-24)51-46(53-47)49-25-8-10-26(11-9-25)54-55-27-12-13-35(60)30(17-27)43(63)64;;;;;/h3-21,60-62H,1-2H3,(H,63,64)(H,65,66)(H,67,68,69)(H,70,71,72)(H,73,74,75)(H3,48,49,50,51,52,53);;;;;. The Morgan fingerprint density at radius 2 is 1.15 bits per heavy atom.